The van der Waals surface area contributed by atoms with Crippen LogP contribution in [-0.2, 0) is 0 Å². The van der Waals surface area contributed by atoms with E-state index >= 15 is 0 Å². The van der Waals surface area contributed by atoms with E-state index in [1.807, 2.05) is 6.07 Å². The Morgan fingerprint density at radius 2 is 1.90 bits per heavy atom. The van der Waals surface area contributed by atoms with Crippen LogP contribution in [0.4, 0.5) is 5.69 Å². The van der Waals surface area contributed by atoms with Crippen LogP contribution in [0.1, 0.15) is 44.0 Å². The SMILES string of the molecule is CC(C)(C)C1CCN(c2ccc(C(=O)O)c(Cl)c2)CC1. The number of rotatable bonds is 2. The number of anilines is 1. The molecule has 1 heterocycles. The number of hydrogen-bond acceptors (Lipinski definition) is 2. The number of nitrogens with zero attached hydrogens (tertiary/aromatic N) is 1. The van der Waals surface area contributed by atoms with Gasteiger partial charge in [-0.1, -0.05) is 32.4 Å². The Morgan fingerprint density at radius 1 is 1.30 bits per heavy atom. The third kappa shape index (κ3) is 3.26. The van der Waals surface area contributed by atoms with Crippen LogP contribution in [-0.4, -0.2) is 24.2 Å². The summed E-state index contributed by atoms with van der Waals surface area (Å²) in [6, 6.07) is 5.21. The van der Waals surface area contributed by atoms with Crippen LogP contribution >= 0.6 is 11.6 Å². The molecule has 1 aliphatic heterocycles. The molecule has 0 radical (unpaired) electrons. The molecule has 1 saturated heterocycles. The monoisotopic (exact) mass is 295 g/mol. The quantitative estimate of drug-likeness (QED) is 0.884. The van der Waals surface area contributed by atoms with E-state index in [0.717, 1.165) is 24.7 Å². The highest BCUT2D eigenvalue weighted by atomic mass is 35.5. The lowest BCUT2D eigenvalue weighted by Crippen LogP contribution is -2.38. The van der Waals surface area contributed by atoms with Crippen molar-refractivity contribution in [3.05, 3.63) is 28.8 Å². The molecule has 0 atom stereocenters. The van der Waals surface area contributed by atoms with Crippen molar-refractivity contribution in [3.63, 3.8) is 0 Å². The third-order valence-electron chi connectivity index (χ3n) is 4.27. The van der Waals surface area contributed by atoms with E-state index in [2.05, 4.69) is 25.7 Å². The van der Waals surface area contributed by atoms with Gasteiger partial charge in [0.15, 0.2) is 0 Å². The maximum atomic E-state index is 11.0. The van der Waals surface area contributed by atoms with Crippen LogP contribution in [0.2, 0.25) is 5.02 Å². The number of hydrogen-bond donors (Lipinski definition) is 1. The van der Waals surface area contributed by atoms with Gasteiger partial charge in [-0.25, -0.2) is 4.79 Å². The summed E-state index contributed by atoms with van der Waals surface area (Å²) in [5, 5.41) is 9.31. The molecule has 2 rings (SSSR count). The minimum Gasteiger partial charge on any atom is -0.478 e. The van der Waals surface area contributed by atoms with Gasteiger partial charge in [0.2, 0.25) is 0 Å². The molecule has 0 aliphatic carbocycles. The molecule has 1 fully saturated rings. The number of piperidine rings is 1. The van der Waals surface area contributed by atoms with E-state index in [1.165, 1.54) is 12.8 Å². The molecular weight excluding hydrogens is 274 g/mol. The Kier molecular flexibility index (Phi) is 4.28. The largest absolute Gasteiger partial charge is 0.478 e. The molecule has 1 N–H and O–H groups in total. The standard InChI is InChI=1S/C16H22ClNO2/c1-16(2,3)11-6-8-18(9-7-11)12-4-5-13(15(19)20)14(17)10-12/h4-5,10-11H,6-9H2,1-3H3,(H,19,20). The van der Waals surface area contributed by atoms with E-state index in [4.69, 9.17) is 16.7 Å². The van der Waals surface area contributed by atoms with Crippen molar-refractivity contribution in [1.29, 1.82) is 0 Å². The van der Waals surface area contributed by atoms with Crippen molar-refractivity contribution in [3.8, 4) is 0 Å². The first-order valence-electron chi connectivity index (χ1n) is 7.07. The Morgan fingerprint density at radius 3 is 2.35 bits per heavy atom. The van der Waals surface area contributed by atoms with Crippen LogP contribution in [0.15, 0.2) is 18.2 Å². The number of aromatic carboxylic acids is 1. The topological polar surface area (TPSA) is 40.5 Å². The minimum atomic E-state index is -0.979. The zero-order valence-electron chi connectivity index (χ0n) is 12.3. The van der Waals surface area contributed by atoms with Crippen LogP contribution in [0.3, 0.4) is 0 Å². The summed E-state index contributed by atoms with van der Waals surface area (Å²) >= 11 is 6.04. The lowest BCUT2D eigenvalue weighted by atomic mass is 9.75. The number of halogens is 1. The van der Waals surface area contributed by atoms with Gasteiger partial charge in [0.1, 0.15) is 0 Å². The predicted molar refractivity (Wildman–Crippen MR) is 82.8 cm³/mol. The zero-order valence-corrected chi connectivity index (χ0v) is 13.1. The number of carboxylic acid groups (broad SMARTS) is 1. The fourth-order valence-electron chi connectivity index (χ4n) is 2.88. The first-order valence-corrected chi connectivity index (χ1v) is 7.44. The molecule has 0 aromatic heterocycles. The molecular formula is C16H22ClNO2. The van der Waals surface area contributed by atoms with Crippen molar-refractivity contribution < 1.29 is 9.90 Å². The first-order chi connectivity index (χ1) is 9.29. The highest BCUT2D eigenvalue weighted by molar-refractivity contribution is 6.33. The second-order valence-corrected chi connectivity index (χ2v) is 7.00. The fourth-order valence-corrected chi connectivity index (χ4v) is 3.13. The van der Waals surface area contributed by atoms with Crippen molar-refractivity contribution >= 4 is 23.3 Å². The van der Waals surface area contributed by atoms with Gasteiger partial charge >= 0.3 is 5.97 Å². The summed E-state index contributed by atoms with van der Waals surface area (Å²) in [6.45, 7) is 8.90. The molecule has 0 saturated carbocycles. The molecule has 4 heteroatoms. The second kappa shape index (κ2) is 5.65. The van der Waals surface area contributed by atoms with Gasteiger partial charge in [-0.15, -0.1) is 0 Å². The van der Waals surface area contributed by atoms with Gasteiger partial charge < -0.3 is 10.0 Å². The molecule has 110 valence electrons. The summed E-state index contributed by atoms with van der Waals surface area (Å²) in [7, 11) is 0. The van der Waals surface area contributed by atoms with Crippen LogP contribution < -0.4 is 4.90 Å². The van der Waals surface area contributed by atoms with Crippen molar-refractivity contribution in [2.75, 3.05) is 18.0 Å². The van der Waals surface area contributed by atoms with Crippen LogP contribution in [0, 0.1) is 11.3 Å². The molecule has 20 heavy (non-hydrogen) atoms. The highest BCUT2D eigenvalue weighted by Gasteiger charge is 2.29. The molecule has 0 spiro atoms. The zero-order chi connectivity index (χ0) is 14.9. The summed E-state index contributed by atoms with van der Waals surface area (Å²) in [5.41, 5.74) is 1.55. The Labute approximate surface area is 125 Å². The van der Waals surface area contributed by atoms with Gasteiger partial charge in [0, 0.05) is 18.8 Å². The fraction of sp³-hybridized carbons (Fsp3) is 0.562. The molecule has 1 aromatic rings. The van der Waals surface area contributed by atoms with E-state index in [9.17, 15) is 4.79 Å². The van der Waals surface area contributed by atoms with Gasteiger partial charge in [-0.05, 0) is 42.4 Å². The minimum absolute atomic E-state index is 0.167. The van der Waals surface area contributed by atoms with Gasteiger partial charge in [-0.3, -0.25) is 0 Å². The normalized spacial score (nSPS) is 17.3. The van der Waals surface area contributed by atoms with E-state index < -0.39 is 5.97 Å². The average Bonchev–Trinajstić information content (AvgIpc) is 2.37. The summed E-state index contributed by atoms with van der Waals surface area (Å²) in [4.78, 5) is 13.3. The Bertz CT molecular complexity index is 500. The maximum Gasteiger partial charge on any atom is 0.337 e. The van der Waals surface area contributed by atoms with E-state index in [0.29, 0.717) is 10.4 Å². The molecule has 1 aromatic carbocycles. The highest BCUT2D eigenvalue weighted by Crippen LogP contribution is 2.36. The summed E-state index contributed by atoms with van der Waals surface area (Å²) in [6.07, 6.45) is 2.34. The first kappa shape index (κ1) is 15.2. The Hall–Kier alpha value is -1.22. The molecule has 0 bridgehead atoms. The molecule has 0 amide bonds. The molecule has 0 unspecified atom stereocenters. The van der Waals surface area contributed by atoms with Crippen molar-refractivity contribution in [1.82, 2.24) is 0 Å². The molecule has 1 aliphatic rings. The lowest BCUT2D eigenvalue weighted by Gasteiger charge is -2.39. The Balaban J connectivity index is 2.08. The molecule has 3 nitrogen and oxygen atoms in total. The summed E-state index contributed by atoms with van der Waals surface area (Å²) in [5.74, 6) is -0.236. The average molecular weight is 296 g/mol. The van der Waals surface area contributed by atoms with Crippen LogP contribution in [0.5, 0.6) is 0 Å². The predicted octanol–water partition coefficient (Wildman–Crippen LogP) is 4.30. The van der Waals surface area contributed by atoms with Crippen molar-refractivity contribution in [2.45, 2.75) is 33.6 Å². The van der Waals surface area contributed by atoms with Crippen molar-refractivity contribution in [2.24, 2.45) is 11.3 Å². The number of benzene rings is 1. The lowest BCUT2D eigenvalue weighted by molar-refractivity contribution is 0.0697. The number of carboxylic acids is 1. The van der Waals surface area contributed by atoms with Gasteiger partial charge in [-0.2, -0.15) is 0 Å². The smallest absolute Gasteiger partial charge is 0.337 e. The summed E-state index contributed by atoms with van der Waals surface area (Å²) < 4.78 is 0. The van der Waals surface area contributed by atoms with Gasteiger partial charge in [0.25, 0.3) is 0 Å². The van der Waals surface area contributed by atoms with E-state index in [-0.39, 0.29) is 5.56 Å². The second-order valence-electron chi connectivity index (χ2n) is 6.60. The third-order valence-corrected chi connectivity index (χ3v) is 4.58. The van der Waals surface area contributed by atoms with Gasteiger partial charge in [0.05, 0.1) is 10.6 Å². The number of carbonyl (C=O) groups is 1. The maximum absolute atomic E-state index is 11.0. The van der Waals surface area contributed by atoms with Crippen LogP contribution in [0.25, 0.3) is 0 Å². The van der Waals surface area contributed by atoms with E-state index in [1.54, 1.807) is 12.1 Å².